The number of pyridine rings is 2. The van der Waals surface area contributed by atoms with E-state index in [1.807, 2.05) is 43.0 Å². The summed E-state index contributed by atoms with van der Waals surface area (Å²) in [7, 11) is 1.69. The van der Waals surface area contributed by atoms with E-state index >= 15 is 0 Å². The Hall–Kier alpha value is -3.46. The summed E-state index contributed by atoms with van der Waals surface area (Å²) in [5.74, 6) is 0.870. The average Bonchev–Trinajstić information content (AvgIpc) is 2.76. The average molecular weight is 366 g/mol. The van der Waals surface area contributed by atoms with Crippen LogP contribution in [0.15, 0.2) is 91.5 Å². The van der Waals surface area contributed by atoms with E-state index < -0.39 is 0 Å². The van der Waals surface area contributed by atoms with Crippen molar-refractivity contribution in [3.8, 4) is 16.9 Å². The molecule has 3 heteroatoms. The van der Waals surface area contributed by atoms with E-state index in [4.69, 9.17) is 4.74 Å². The van der Waals surface area contributed by atoms with Gasteiger partial charge in [0.2, 0.25) is 0 Å². The molecule has 3 nitrogen and oxygen atoms in total. The predicted molar refractivity (Wildman–Crippen MR) is 113 cm³/mol. The van der Waals surface area contributed by atoms with E-state index in [0.717, 1.165) is 18.6 Å². The Labute approximate surface area is 165 Å². The van der Waals surface area contributed by atoms with Gasteiger partial charge in [-0.15, -0.1) is 0 Å². The largest absolute Gasteiger partial charge is 0.497 e. The molecule has 2 aromatic carbocycles. The lowest BCUT2D eigenvalue weighted by atomic mass is 9.92. The Bertz CT molecular complexity index is 1040. The zero-order chi connectivity index (χ0) is 19.2. The van der Waals surface area contributed by atoms with Crippen molar-refractivity contribution in [1.29, 1.82) is 0 Å². The Balaban J connectivity index is 1.68. The zero-order valence-corrected chi connectivity index (χ0v) is 15.9. The van der Waals surface area contributed by atoms with Crippen LogP contribution in [0.25, 0.3) is 11.1 Å². The minimum Gasteiger partial charge on any atom is -0.497 e. The van der Waals surface area contributed by atoms with Crippen LogP contribution in [0.5, 0.6) is 5.75 Å². The van der Waals surface area contributed by atoms with Crippen molar-refractivity contribution in [2.45, 2.75) is 12.8 Å². The fourth-order valence-electron chi connectivity index (χ4n) is 3.44. The maximum atomic E-state index is 5.27. The maximum absolute atomic E-state index is 5.27. The summed E-state index contributed by atoms with van der Waals surface area (Å²) in [6.45, 7) is 0. The first-order valence-corrected chi connectivity index (χ1v) is 9.36. The molecule has 0 amide bonds. The molecule has 138 valence electrons. The van der Waals surface area contributed by atoms with Crippen LogP contribution >= 0.6 is 0 Å². The summed E-state index contributed by atoms with van der Waals surface area (Å²) >= 11 is 0. The molecule has 0 aliphatic carbocycles. The first kappa shape index (κ1) is 17.9. The van der Waals surface area contributed by atoms with Gasteiger partial charge in [-0.2, -0.15) is 0 Å². The summed E-state index contributed by atoms with van der Waals surface area (Å²) in [6.07, 6.45) is 9.34. The highest BCUT2D eigenvalue weighted by molar-refractivity contribution is 5.70. The van der Waals surface area contributed by atoms with Gasteiger partial charge in [0.15, 0.2) is 0 Å². The lowest BCUT2D eigenvalue weighted by Crippen LogP contribution is -1.98. The van der Waals surface area contributed by atoms with Crippen LogP contribution in [0, 0.1) is 0 Å². The number of methoxy groups -OCH3 is 1. The number of aromatic nitrogens is 2. The van der Waals surface area contributed by atoms with Crippen LogP contribution in [0.3, 0.4) is 0 Å². The fourth-order valence-corrected chi connectivity index (χ4v) is 3.44. The SMILES string of the molecule is COc1ccc(Cc2cnccc2-c2ccncc2Cc2ccccc2)cc1. The lowest BCUT2D eigenvalue weighted by Gasteiger charge is -2.14. The van der Waals surface area contributed by atoms with E-state index in [1.165, 1.54) is 33.4 Å². The van der Waals surface area contributed by atoms with Crippen molar-refractivity contribution in [2.75, 3.05) is 7.11 Å². The lowest BCUT2D eigenvalue weighted by molar-refractivity contribution is 0.414. The van der Waals surface area contributed by atoms with Crippen LogP contribution in [-0.4, -0.2) is 17.1 Å². The van der Waals surface area contributed by atoms with Gasteiger partial charge in [0, 0.05) is 24.8 Å². The van der Waals surface area contributed by atoms with E-state index in [0.29, 0.717) is 0 Å². The van der Waals surface area contributed by atoms with Crippen LogP contribution < -0.4 is 4.74 Å². The summed E-state index contributed by atoms with van der Waals surface area (Å²) in [4.78, 5) is 8.74. The second-order valence-corrected chi connectivity index (χ2v) is 6.75. The molecule has 0 aliphatic rings. The summed E-state index contributed by atoms with van der Waals surface area (Å²) in [6, 6.07) is 22.9. The van der Waals surface area contributed by atoms with Gasteiger partial charge in [-0.1, -0.05) is 42.5 Å². The smallest absolute Gasteiger partial charge is 0.118 e. The Kier molecular flexibility index (Phi) is 5.43. The number of nitrogens with zero attached hydrogens (tertiary/aromatic N) is 2. The highest BCUT2D eigenvalue weighted by Crippen LogP contribution is 2.29. The van der Waals surface area contributed by atoms with Gasteiger partial charge in [0.05, 0.1) is 7.11 Å². The topological polar surface area (TPSA) is 35.0 Å². The molecule has 0 unspecified atom stereocenters. The molecule has 0 fully saturated rings. The Morgan fingerprint density at radius 1 is 0.643 bits per heavy atom. The number of hydrogen-bond acceptors (Lipinski definition) is 3. The summed E-state index contributed by atoms with van der Waals surface area (Å²) < 4.78 is 5.27. The highest BCUT2D eigenvalue weighted by atomic mass is 16.5. The molecular weight excluding hydrogens is 344 g/mol. The second kappa shape index (κ2) is 8.49. The molecule has 2 heterocycles. The van der Waals surface area contributed by atoms with Gasteiger partial charge in [-0.25, -0.2) is 0 Å². The predicted octanol–water partition coefficient (Wildman–Crippen LogP) is 5.33. The molecular formula is C25H22N2O. The molecule has 4 rings (SSSR count). The Morgan fingerprint density at radius 3 is 1.71 bits per heavy atom. The van der Waals surface area contributed by atoms with E-state index in [-0.39, 0.29) is 0 Å². The molecule has 0 N–H and O–H groups in total. The molecule has 28 heavy (non-hydrogen) atoms. The molecule has 0 bridgehead atoms. The maximum Gasteiger partial charge on any atom is 0.118 e. The zero-order valence-electron chi connectivity index (χ0n) is 15.9. The quantitative estimate of drug-likeness (QED) is 0.462. The molecule has 0 spiro atoms. The van der Waals surface area contributed by atoms with Crippen molar-refractivity contribution in [3.05, 3.63) is 114 Å². The van der Waals surface area contributed by atoms with Crippen molar-refractivity contribution in [3.63, 3.8) is 0 Å². The molecule has 0 atom stereocenters. The fraction of sp³-hybridized carbons (Fsp3) is 0.120. The highest BCUT2D eigenvalue weighted by Gasteiger charge is 2.11. The molecule has 0 saturated heterocycles. The van der Waals surface area contributed by atoms with Gasteiger partial charge >= 0.3 is 0 Å². The third-order valence-electron chi connectivity index (χ3n) is 4.89. The second-order valence-electron chi connectivity index (χ2n) is 6.75. The van der Waals surface area contributed by atoms with E-state index in [9.17, 15) is 0 Å². The van der Waals surface area contributed by atoms with Crippen LogP contribution in [0.1, 0.15) is 22.3 Å². The van der Waals surface area contributed by atoms with E-state index in [1.54, 1.807) is 7.11 Å². The van der Waals surface area contributed by atoms with Gasteiger partial charge in [0.25, 0.3) is 0 Å². The Morgan fingerprint density at radius 2 is 1.18 bits per heavy atom. The third kappa shape index (κ3) is 4.09. The first-order valence-electron chi connectivity index (χ1n) is 9.36. The first-order chi connectivity index (χ1) is 13.8. The monoisotopic (exact) mass is 366 g/mol. The number of rotatable bonds is 6. The third-order valence-corrected chi connectivity index (χ3v) is 4.89. The molecule has 2 aromatic heterocycles. The van der Waals surface area contributed by atoms with Crippen molar-refractivity contribution in [2.24, 2.45) is 0 Å². The van der Waals surface area contributed by atoms with Crippen LogP contribution in [0.4, 0.5) is 0 Å². The standard InChI is InChI=1S/C25H22N2O/c1-28-23-9-7-20(8-10-23)16-22-18-27-14-12-25(22)24-11-13-26-17-21(24)15-19-5-3-2-4-6-19/h2-14,17-18H,15-16H2,1H3. The molecule has 0 radical (unpaired) electrons. The van der Waals surface area contributed by atoms with Crippen LogP contribution in [-0.2, 0) is 12.8 Å². The van der Waals surface area contributed by atoms with Gasteiger partial charge in [-0.05, 0) is 70.5 Å². The van der Waals surface area contributed by atoms with E-state index in [2.05, 4.69) is 58.5 Å². The number of ether oxygens (including phenoxy) is 1. The number of benzene rings is 2. The minimum absolute atomic E-state index is 0.820. The van der Waals surface area contributed by atoms with Gasteiger partial charge < -0.3 is 4.74 Å². The van der Waals surface area contributed by atoms with Crippen LogP contribution in [0.2, 0.25) is 0 Å². The van der Waals surface area contributed by atoms with Crippen molar-refractivity contribution in [1.82, 2.24) is 9.97 Å². The van der Waals surface area contributed by atoms with Gasteiger partial charge in [-0.3, -0.25) is 9.97 Å². The summed E-state index contributed by atoms with van der Waals surface area (Å²) in [5.41, 5.74) is 7.35. The number of hydrogen-bond donors (Lipinski definition) is 0. The molecule has 0 aliphatic heterocycles. The van der Waals surface area contributed by atoms with Gasteiger partial charge in [0.1, 0.15) is 5.75 Å². The summed E-state index contributed by atoms with van der Waals surface area (Å²) in [5, 5.41) is 0. The minimum atomic E-state index is 0.820. The molecule has 0 saturated carbocycles. The van der Waals surface area contributed by atoms with Crippen molar-refractivity contribution < 1.29 is 4.74 Å². The van der Waals surface area contributed by atoms with Crippen molar-refractivity contribution >= 4 is 0 Å². The normalized spacial score (nSPS) is 10.6. The molecule has 4 aromatic rings.